The molecule has 3 heterocycles. The SMILES string of the molecule is Cc1ccc2c(n1)N(Cc1ccncc1)CCNC2. The molecule has 0 saturated heterocycles. The topological polar surface area (TPSA) is 41.1 Å². The van der Waals surface area contributed by atoms with Crippen LogP contribution in [0.25, 0.3) is 0 Å². The lowest BCUT2D eigenvalue weighted by Crippen LogP contribution is -2.29. The standard InChI is InChI=1S/C15H18N4/c1-12-2-3-14-10-17-8-9-19(15(14)18-12)11-13-4-6-16-7-5-13/h2-7,17H,8-11H2,1H3. The summed E-state index contributed by atoms with van der Waals surface area (Å²) in [5, 5.41) is 3.44. The summed E-state index contributed by atoms with van der Waals surface area (Å²) in [4.78, 5) is 11.1. The van der Waals surface area contributed by atoms with Gasteiger partial charge in [-0.15, -0.1) is 0 Å². The summed E-state index contributed by atoms with van der Waals surface area (Å²) < 4.78 is 0. The fourth-order valence-corrected chi connectivity index (χ4v) is 2.39. The quantitative estimate of drug-likeness (QED) is 0.888. The van der Waals surface area contributed by atoms with Crippen molar-refractivity contribution in [2.75, 3.05) is 18.0 Å². The Bertz CT molecular complexity index is 553. The molecule has 2 aromatic rings. The van der Waals surface area contributed by atoms with Crippen LogP contribution in [0.4, 0.5) is 5.82 Å². The number of hydrogen-bond donors (Lipinski definition) is 1. The molecule has 1 aliphatic rings. The van der Waals surface area contributed by atoms with Crippen LogP contribution in [-0.2, 0) is 13.1 Å². The third-order valence-electron chi connectivity index (χ3n) is 3.39. The van der Waals surface area contributed by atoms with Gasteiger partial charge in [-0.2, -0.15) is 0 Å². The van der Waals surface area contributed by atoms with Crippen molar-refractivity contribution in [3.8, 4) is 0 Å². The molecule has 0 atom stereocenters. The van der Waals surface area contributed by atoms with Crippen LogP contribution < -0.4 is 10.2 Å². The highest BCUT2D eigenvalue weighted by atomic mass is 15.2. The van der Waals surface area contributed by atoms with Crippen molar-refractivity contribution in [2.45, 2.75) is 20.0 Å². The van der Waals surface area contributed by atoms with Gasteiger partial charge in [-0.3, -0.25) is 4.98 Å². The Labute approximate surface area is 113 Å². The van der Waals surface area contributed by atoms with E-state index in [-0.39, 0.29) is 0 Å². The smallest absolute Gasteiger partial charge is 0.133 e. The summed E-state index contributed by atoms with van der Waals surface area (Å²) in [5.74, 6) is 1.11. The number of pyridine rings is 2. The lowest BCUT2D eigenvalue weighted by molar-refractivity contribution is 0.687. The van der Waals surface area contributed by atoms with E-state index >= 15 is 0 Å². The van der Waals surface area contributed by atoms with Crippen LogP contribution in [0, 0.1) is 6.92 Å². The highest BCUT2D eigenvalue weighted by molar-refractivity contribution is 5.49. The summed E-state index contributed by atoms with van der Waals surface area (Å²) in [7, 11) is 0. The predicted molar refractivity (Wildman–Crippen MR) is 76.0 cm³/mol. The van der Waals surface area contributed by atoms with E-state index < -0.39 is 0 Å². The second-order valence-corrected chi connectivity index (χ2v) is 4.89. The van der Waals surface area contributed by atoms with Gasteiger partial charge in [-0.1, -0.05) is 6.07 Å². The number of anilines is 1. The number of rotatable bonds is 2. The van der Waals surface area contributed by atoms with E-state index in [2.05, 4.69) is 39.5 Å². The van der Waals surface area contributed by atoms with Gasteiger partial charge in [0.1, 0.15) is 5.82 Å². The number of hydrogen-bond acceptors (Lipinski definition) is 4. The molecule has 0 aromatic carbocycles. The molecule has 0 bridgehead atoms. The van der Waals surface area contributed by atoms with Gasteiger partial charge in [0.05, 0.1) is 0 Å². The number of aromatic nitrogens is 2. The van der Waals surface area contributed by atoms with E-state index in [4.69, 9.17) is 4.98 Å². The van der Waals surface area contributed by atoms with Crippen molar-refractivity contribution in [3.05, 3.63) is 53.5 Å². The Morgan fingerprint density at radius 2 is 2.05 bits per heavy atom. The molecule has 98 valence electrons. The van der Waals surface area contributed by atoms with Crippen LogP contribution in [-0.4, -0.2) is 23.1 Å². The number of nitrogens with one attached hydrogen (secondary N) is 1. The first-order chi connectivity index (χ1) is 9.33. The Hall–Kier alpha value is -1.94. The molecule has 0 spiro atoms. The Kier molecular flexibility index (Phi) is 3.42. The summed E-state index contributed by atoms with van der Waals surface area (Å²) in [5.41, 5.74) is 3.61. The zero-order chi connectivity index (χ0) is 13.1. The average molecular weight is 254 g/mol. The van der Waals surface area contributed by atoms with Gasteiger partial charge < -0.3 is 10.2 Å². The fourth-order valence-electron chi connectivity index (χ4n) is 2.39. The zero-order valence-corrected chi connectivity index (χ0v) is 11.1. The Morgan fingerprint density at radius 1 is 1.21 bits per heavy atom. The van der Waals surface area contributed by atoms with Crippen LogP contribution >= 0.6 is 0 Å². The van der Waals surface area contributed by atoms with Crippen molar-refractivity contribution in [1.29, 1.82) is 0 Å². The summed E-state index contributed by atoms with van der Waals surface area (Å²) >= 11 is 0. The van der Waals surface area contributed by atoms with E-state index in [0.717, 1.165) is 37.7 Å². The Balaban J connectivity index is 1.91. The van der Waals surface area contributed by atoms with Gasteiger partial charge in [-0.05, 0) is 30.7 Å². The summed E-state index contributed by atoms with van der Waals surface area (Å²) in [6.07, 6.45) is 3.69. The van der Waals surface area contributed by atoms with Crippen molar-refractivity contribution in [1.82, 2.24) is 15.3 Å². The summed E-state index contributed by atoms with van der Waals surface area (Å²) in [6, 6.07) is 8.38. The minimum Gasteiger partial charge on any atom is -0.351 e. The molecular formula is C15H18N4. The second-order valence-electron chi connectivity index (χ2n) is 4.89. The van der Waals surface area contributed by atoms with Crippen molar-refractivity contribution in [2.24, 2.45) is 0 Å². The Morgan fingerprint density at radius 3 is 2.89 bits per heavy atom. The van der Waals surface area contributed by atoms with Gasteiger partial charge in [-0.25, -0.2) is 4.98 Å². The van der Waals surface area contributed by atoms with E-state index in [0.29, 0.717) is 0 Å². The molecule has 0 radical (unpaired) electrons. The van der Waals surface area contributed by atoms with E-state index in [9.17, 15) is 0 Å². The maximum absolute atomic E-state index is 4.72. The van der Waals surface area contributed by atoms with Gasteiger partial charge in [0.15, 0.2) is 0 Å². The lowest BCUT2D eigenvalue weighted by Gasteiger charge is -2.23. The van der Waals surface area contributed by atoms with Gasteiger partial charge in [0.25, 0.3) is 0 Å². The molecule has 4 nitrogen and oxygen atoms in total. The molecule has 4 heteroatoms. The van der Waals surface area contributed by atoms with Crippen LogP contribution in [0.15, 0.2) is 36.7 Å². The van der Waals surface area contributed by atoms with Gasteiger partial charge in [0, 0.05) is 49.8 Å². The normalized spacial score (nSPS) is 14.9. The van der Waals surface area contributed by atoms with Crippen molar-refractivity contribution < 1.29 is 0 Å². The third-order valence-corrected chi connectivity index (χ3v) is 3.39. The largest absolute Gasteiger partial charge is 0.351 e. The van der Waals surface area contributed by atoms with Gasteiger partial charge >= 0.3 is 0 Å². The molecule has 0 saturated carbocycles. The van der Waals surface area contributed by atoms with Crippen LogP contribution in [0.5, 0.6) is 0 Å². The number of fused-ring (bicyclic) bond motifs is 1. The molecule has 3 rings (SSSR count). The highest BCUT2D eigenvalue weighted by Gasteiger charge is 2.16. The van der Waals surface area contributed by atoms with E-state index in [1.54, 1.807) is 0 Å². The molecule has 0 unspecified atom stereocenters. The first-order valence-electron chi connectivity index (χ1n) is 6.64. The van der Waals surface area contributed by atoms with E-state index in [1.165, 1.54) is 11.1 Å². The minimum absolute atomic E-state index is 0.883. The molecule has 1 aliphatic heterocycles. The minimum atomic E-state index is 0.883. The molecule has 0 amide bonds. The lowest BCUT2D eigenvalue weighted by atomic mass is 10.2. The first-order valence-corrected chi connectivity index (χ1v) is 6.64. The molecule has 19 heavy (non-hydrogen) atoms. The number of aryl methyl sites for hydroxylation is 1. The van der Waals surface area contributed by atoms with Gasteiger partial charge in [0.2, 0.25) is 0 Å². The second kappa shape index (κ2) is 5.36. The van der Waals surface area contributed by atoms with Crippen molar-refractivity contribution in [3.63, 3.8) is 0 Å². The number of nitrogens with zero attached hydrogens (tertiary/aromatic N) is 3. The molecule has 2 aromatic heterocycles. The zero-order valence-electron chi connectivity index (χ0n) is 11.1. The van der Waals surface area contributed by atoms with Crippen LogP contribution in [0.2, 0.25) is 0 Å². The maximum atomic E-state index is 4.72. The summed E-state index contributed by atoms with van der Waals surface area (Å²) in [6.45, 7) is 5.79. The average Bonchev–Trinajstić information content (AvgIpc) is 2.63. The molecule has 1 N–H and O–H groups in total. The fraction of sp³-hybridized carbons (Fsp3) is 0.333. The monoisotopic (exact) mass is 254 g/mol. The first kappa shape index (κ1) is 12.1. The predicted octanol–water partition coefficient (Wildman–Crippen LogP) is 1.89. The maximum Gasteiger partial charge on any atom is 0.133 e. The van der Waals surface area contributed by atoms with Crippen molar-refractivity contribution >= 4 is 5.82 Å². The molecule has 0 fully saturated rings. The van der Waals surface area contributed by atoms with Crippen LogP contribution in [0.1, 0.15) is 16.8 Å². The molecule has 0 aliphatic carbocycles. The van der Waals surface area contributed by atoms with E-state index in [1.807, 2.05) is 19.3 Å². The third kappa shape index (κ3) is 2.74. The highest BCUT2D eigenvalue weighted by Crippen LogP contribution is 2.22. The molecular weight excluding hydrogens is 236 g/mol. The van der Waals surface area contributed by atoms with Crippen LogP contribution in [0.3, 0.4) is 0 Å².